The third-order valence-electron chi connectivity index (χ3n) is 2.16. The highest BCUT2D eigenvalue weighted by Gasteiger charge is 2.15. The van der Waals surface area contributed by atoms with Gasteiger partial charge in [0.05, 0.1) is 0 Å². The molecule has 0 bridgehead atoms. The maximum absolute atomic E-state index is 10.8. The highest BCUT2D eigenvalue weighted by molar-refractivity contribution is 5.82. The summed E-state index contributed by atoms with van der Waals surface area (Å²) in [5.41, 5.74) is 1.000. The van der Waals surface area contributed by atoms with Crippen LogP contribution in [0.25, 0.3) is 6.08 Å². The van der Waals surface area contributed by atoms with Crippen molar-refractivity contribution in [3.63, 3.8) is 0 Å². The van der Waals surface area contributed by atoms with Crippen molar-refractivity contribution in [2.75, 3.05) is 0 Å². The van der Waals surface area contributed by atoms with Crippen LogP contribution in [0.3, 0.4) is 0 Å². The second kappa shape index (κ2) is 6.48. The van der Waals surface area contributed by atoms with E-state index in [0.717, 1.165) is 5.56 Å². The van der Waals surface area contributed by atoms with Gasteiger partial charge in [0.1, 0.15) is 6.04 Å². The Bertz CT molecular complexity index is 412. The van der Waals surface area contributed by atoms with Crippen LogP contribution in [-0.2, 0) is 9.59 Å². The largest absolute Gasteiger partial charge is 0.480 e. The van der Waals surface area contributed by atoms with E-state index in [1.807, 2.05) is 36.4 Å². The molecule has 2 N–H and O–H groups in total. The Morgan fingerprint density at radius 2 is 2.00 bits per heavy atom. The molecule has 0 aromatic heterocycles. The molecular weight excluding hydrogens is 218 g/mol. The van der Waals surface area contributed by atoms with E-state index in [1.54, 1.807) is 6.08 Å². The lowest BCUT2D eigenvalue weighted by molar-refractivity contribution is -0.141. The van der Waals surface area contributed by atoms with E-state index in [4.69, 9.17) is 5.11 Å². The SMILES string of the molecule is CC(=O)N[C@H](C/C=C/c1ccccc1)C(=O)O. The summed E-state index contributed by atoms with van der Waals surface area (Å²) in [6, 6.07) is 8.70. The van der Waals surface area contributed by atoms with Gasteiger partial charge < -0.3 is 10.4 Å². The normalized spacial score (nSPS) is 12.3. The van der Waals surface area contributed by atoms with Gasteiger partial charge in [-0.25, -0.2) is 4.79 Å². The number of hydrogen-bond donors (Lipinski definition) is 2. The molecule has 0 saturated carbocycles. The Hall–Kier alpha value is -2.10. The number of carboxylic acid groups (broad SMARTS) is 1. The minimum atomic E-state index is -1.03. The van der Waals surface area contributed by atoms with Crippen LogP contribution < -0.4 is 5.32 Å². The highest BCUT2D eigenvalue weighted by Crippen LogP contribution is 2.03. The number of hydrogen-bond acceptors (Lipinski definition) is 2. The number of carbonyl (C=O) groups is 2. The van der Waals surface area contributed by atoms with Crippen molar-refractivity contribution in [3.05, 3.63) is 42.0 Å². The minimum Gasteiger partial charge on any atom is -0.480 e. The Morgan fingerprint density at radius 3 is 2.53 bits per heavy atom. The van der Waals surface area contributed by atoms with Crippen LogP contribution in [0.15, 0.2) is 36.4 Å². The van der Waals surface area contributed by atoms with Gasteiger partial charge in [-0.1, -0.05) is 42.5 Å². The predicted molar refractivity (Wildman–Crippen MR) is 65.3 cm³/mol. The highest BCUT2D eigenvalue weighted by atomic mass is 16.4. The van der Waals surface area contributed by atoms with Gasteiger partial charge >= 0.3 is 5.97 Å². The van der Waals surface area contributed by atoms with Gasteiger partial charge in [0.15, 0.2) is 0 Å². The zero-order valence-electron chi connectivity index (χ0n) is 9.59. The molecule has 90 valence electrons. The van der Waals surface area contributed by atoms with Crippen LogP contribution in [0.1, 0.15) is 18.9 Å². The molecule has 1 amide bonds. The van der Waals surface area contributed by atoms with Crippen LogP contribution >= 0.6 is 0 Å². The molecule has 4 nitrogen and oxygen atoms in total. The topological polar surface area (TPSA) is 66.4 Å². The van der Waals surface area contributed by atoms with Crippen LogP contribution in [0.2, 0.25) is 0 Å². The zero-order valence-corrected chi connectivity index (χ0v) is 9.59. The Morgan fingerprint density at radius 1 is 1.35 bits per heavy atom. The number of aliphatic carboxylic acids is 1. The van der Waals surface area contributed by atoms with E-state index < -0.39 is 12.0 Å². The van der Waals surface area contributed by atoms with E-state index in [1.165, 1.54) is 6.92 Å². The molecule has 1 aromatic rings. The van der Waals surface area contributed by atoms with Gasteiger partial charge in [-0.3, -0.25) is 4.79 Å². The lowest BCUT2D eigenvalue weighted by Crippen LogP contribution is -2.39. The van der Waals surface area contributed by atoms with Crippen molar-refractivity contribution in [3.8, 4) is 0 Å². The molecule has 1 atom stereocenters. The van der Waals surface area contributed by atoms with E-state index in [-0.39, 0.29) is 12.3 Å². The van der Waals surface area contributed by atoms with Crippen molar-refractivity contribution in [1.82, 2.24) is 5.32 Å². The molecule has 0 heterocycles. The Labute approximate surface area is 100.0 Å². The van der Waals surface area contributed by atoms with Crippen molar-refractivity contribution in [2.45, 2.75) is 19.4 Å². The van der Waals surface area contributed by atoms with Gasteiger partial charge in [-0.15, -0.1) is 0 Å². The minimum absolute atomic E-state index is 0.268. The summed E-state index contributed by atoms with van der Waals surface area (Å²) in [5.74, 6) is -1.37. The van der Waals surface area contributed by atoms with Crippen LogP contribution in [0.5, 0.6) is 0 Å². The summed E-state index contributed by atoms with van der Waals surface area (Å²) in [7, 11) is 0. The Kier molecular flexibility index (Phi) is 4.94. The van der Waals surface area contributed by atoms with Crippen molar-refractivity contribution < 1.29 is 14.7 Å². The lowest BCUT2D eigenvalue weighted by atomic mass is 10.1. The summed E-state index contributed by atoms with van der Waals surface area (Å²) in [6.07, 6.45) is 3.84. The molecule has 4 heteroatoms. The number of rotatable bonds is 5. The number of nitrogens with one attached hydrogen (secondary N) is 1. The summed E-state index contributed by atoms with van der Waals surface area (Å²) in [5, 5.41) is 11.2. The first kappa shape index (κ1) is 13.0. The molecular formula is C13H15NO3. The first-order chi connectivity index (χ1) is 8.09. The molecule has 0 radical (unpaired) electrons. The van der Waals surface area contributed by atoms with Gasteiger partial charge in [0, 0.05) is 6.92 Å². The second-order valence-corrected chi connectivity index (χ2v) is 3.64. The quantitative estimate of drug-likeness (QED) is 0.813. The number of carbonyl (C=O) groups excluding carboxylic acids is 1. The summed E-state index contributed by atoms with van der Waals surface area (Å²) in [4.78, 5) is 21.6. The maximum Gasteiger partial charge on any atom is 0.326 e. The lowest BCUT2D eigenvalue weighted by Gasteiger charge is -2.10. The first-order valence-electron chi connectivity index (χ1n) is 5.31. The first-order valence-corrected chi connectivity index (χ1v) is 5.31. The van der Waals surface area contributed by atoms with E-state index in [9.17, 15) is 9.59 Å². The summed E-state index contributed by atoms with van der Waals surface area (Å²) >= 11 is 0. The van der Waals surface area contributed by atoms with Gasteiger partial charge in [-0.2, -0.15) is 0 Å². The maximum atomic E-state index is 10.8. The number of benzene rings is 1. The number of amides is 1. The fourth-order valence-corrected chi connectivity index (χ4v) is 1.37. The van der Waals surface area contributed by atoms with Crippen molar-refractivity contribution in [2.24, 2.45) is 0 Å². The van der Waals surface area contributed by atoms with Gasteiger partial charge in [-0.05, 0) is 12.0 Å². The fourth-order valence-electron chi connectivity index (χ4n) is 1.37. The van der Waals surface area contributed by atoms with Gasteiger partial charge in [0.2, 0.25) is 5.91 Å². The molecule has 1 rings (SSSR count). The number of carboxylic acids is 1. The third-order valence-corrected chi connectivity index (χ3v) is 2.16. The average molecular weight is 233 g/mol. The average Bonchev–Trinajstić information content (AvgIpc) is 2.28. The Balaban J connectivity index is 2.55. The molecule has 0 fully saturated rings. The van der Waals surface area contributed by atoms with Gasteiger partial charge in [0.25, 0.3) is 0 Å². The van der Waals surface area contributed by atoms with Crippen molar-refractivity contribution in [1.29, 1.82) is 0 Å². The molecule has 0 aliphatic carbocycles. The summed E-state index contributed by atoms with van der Waals surface area (Å²) < 4.78 is 0. The molecule has 0 aliphatic rings. The van der Waals surface area contributed by atoms with Crippen molar-refractivity contribution >= 4 is 18.0 Å². The standard InChI is InChI=1S/C13H15NO3/c1-10(15)14-12(13(16)17)9-5-8-11-6-3-2-4-7-11/h2-8,12H,9H2,1H3,(H,14,15)(H,16,17)/b8-5+/t12-/m1/s1. The molecule has 0 spiro atoms. The summed E-state index contributed by atoms with van der Waals surface area (Å²) in [6.45, 7) is 1.30. The molecule has 17 heavy (non-hydrogen) atoms. The molecule has 0 saturated heterocycles. The smallest absolute Gasteiger partial charge is 0.326 e. The van der Waals surface area contributed by atoms with Crippen LogP contribution in [-0.4, -0.2) is 23.0 Å². The van der Waals surface area contributed by atoms with E-state index in [2.05, 4.69) is 5.32 Å². The van der Waals surface area contributed by atoms with Crippen LogP contribution in [0, 0.1) is 0 Å². The van der Waals surface area contributed by atoms with E-state index in [0.29, 0.717) is 0 Å². The zero-order chi connectivity index (χ0) is 12.7. The van der Waals surface area contributed by atoms with E-state index >= 15 is 0 Å². The van der Waals surface area contributed by atoms with Crippen LogP contribution in [0.4, 0.5) is 0 Å². The second-order valence-electron chi connectivity index (χ2n) is 3.64. The fraction of sp³-hybridized carbons (Fsp3) is 0.231. The molecule has 1 aromatic carbocycles. The molecule has 0 aliphatic heterocycles. The molecule has 0 unspecified atom stereocenters. The predicted octanol–water partition coefficient (Wildman–Crippen LogP) is 1.68. The monoisotopic (exact) mass is 233 g/mol. The third kappa shape index (κ3) is 4.97.